The predicted molar refractivity (Wildman–Crippen MR) is 97.8 cm³/mol. The van der Waals surface area contributed by atoms with E-state index < -0.39 is 17.9 Å². The van der Waals surface area contributed by atoms with E-state index in [0.717, 1.165) is 5.82 Å². The number of fused-ring (bicyclic) bond motifs is 1. The second-order valence-corrected chi connectivity index (χ2v) is 5.83. The van der Waals surface area contributed by atoms with Gasteiger partial charge in [0.05, 0.1) is 12.2 Å². The van der Waals surface area contributed by atoms with Crippen LogP contribution in [-0.4, -0.2) is 38.2 Å². The first kappa shape index (κ1) is 18.4. The van der Waals surface area contributed by atoms with E-state index in [4.69, 9.17) is 4.74 Å². The maximum absolute atomic E-state index is 12.7. The number of nitrogens with zero attached hydrogens (tertiary/aromatic N) is 3. The largest absolute Gasteiger partial charge is 0.494 e. The Labute approximate surface area is 155 Å². The van der Waals surface area contributed by atoms with Gasteiger partial charge in [0, 0.05) is 12.6 Å². The molecule has 0 fully saturated rings. The number of aliphatic carboxylic acids is 1. The topological polar surface area (TPSA) is 106 Å². The molecular weight excluding hydrogens is 348 g/mol. The van der Waals surface area contributed by atoms with Crippen LogP contribution in [0.15, 0.2) is 42.6 Å². The van der Waals surface area contributed by atoms with E-state index in [2.05, 4.69) is 15.5 Å². The number of aryl methyl sites for hydroxylation is 1. The molecule has 2 aromatic heterocycles. The first-order valence-electron chi connectivity index (χ1n) is 8.64. The van der Waals surface area contributed by atoms with E-state index >= 15 is 0 Å². The highest BCUT2D eigenvalue weighted by Gasteiger charge is 2.24. The van der Waals surface area contributed by atoms with Crippen LogP contribution in [0.4, 0.5) is 0 Å². The third-order valence-electron chi connectivity index (χ3n) is 4.11. The highest BCUT2D eigenvalue weighted by molar-refractivity contribution is 6.01. The van der Waals surface area contributed by atoms with Crippen LogP contribution >= 0.6 is 0 Å². The van der Waals surface area contributed by atoms with E-state index in [9.17, 15) is 14.7 Å². The van der Waals surface area contributed by atoms with Crippen molar-refractivity contribution in [3.63, 3.8) is 0 Å². The average Bonchev–Trinajstić information content (AvgIpc) is 3.10. The Bertz CT molecular complexity index is 966. The molecule has 8 heteroatoms. The summed E-state index contributed by atoms with van der Waals surface area (Å²) < 4.78 is 7.08. The van der Waals surface area contributed by atoms with E-state index in [1.807, 2.05) is 13.8 Å². The summed E-state index contributed by atoms with van der Waals surface area (Å²) in [6.07, 6.45) is 2.43. The number of carboxylic acid groups (broad SMARTS) is 1. The molecule has 0 aliphatic heterocycles. The van der Waals surface area contributed by atoms with Gasteiger partial charge in [-0.3, -0.25) is 9.20 Å². The summed E-state index contributed by atoms with van der Waals surface area (Å²) in [6, 6.07) is 8.70. The van der Waals surface area contributed by atoms with Gasteiger partial charge >= 0.3 is 5.97 Å². The van der Waals surface area contributed by atoms with Crippen molar-refractivity contribution < 1.29 is 19.4 Å². The quantitative estimate of drug-likeness (QED) is 0.662. The average molecular weight is 368 g/mol. The molecule has 1 amide bonds. The maximum Gasteiger partial charge on any atom is 0.330 e. The van der Waals surface area contributed by atoms with Gasteiger partial charge in [-0.2, -0.15) is 0 Å². The van der Waals surface area contributed by atoms with Gasteiger partial charge in [-0.05, 0) is 36.8 Å². The minimum absolute atomic E-state index is 0.266. The van der Waals surface area contributed by atoms with Crippen LogP contribution < -0.4 is 10.1 Å². The van der Waals surface area contributed by atoms with Gasteiger partial charge in [0.25, 0.3) is 5.91 Å². The number of hydrogen-bond donors (Lipinski definition) is 2. The van der Waals surface area contributed by atoms with Crippen LogP contribution in [-0.2, 0) is 11.2 Å². The molecule has 0 saturated carbocycles. The molecule has 1 aromatic carbocycles. The molecule has 0 spiro atoms. The van der Waals surface area contributed by atoms with Crippen molar-refractivity contribution in [3.05, 3.63) is 59.5 Å². The number of benzene rings is 1. The van der Waals surface area contributed by atoms with Crippen LogP contribution in [0.1, 0.15) is 41.6 Å². The van der Waals surface area contributed by atoms with Gasteiger partial charge in [0.1, 0.15) is 11.6 Å². The monoisotopic (exact) mass is 368 g/mol. The van der Waals surface area contributed by atoms with E-state index in [-0.39, 0.29) is 5.56 Å². The van der Waals surface area contributed by atoms with Crippen LogP contribution in [0, 0.1) is 0 Å². The Morgan fingerprint density at radius 3 is 2.56 bits per heavy atom. The third kappa shape index (κ3) is 3.74. The summed E-state index contributed by atoms with van der Waals surface area (Å²) in [5.41, 5.74) is 1.10. The van der Waals surface area contributed by atoms with Crippen molar-refractivity contribution in [1.29, 1.82) is 0 Å². The first-order valence-corrected chi connectivity index (χ1v) is 8.64. The SMILES string of the molecule is CCOc1ccc(C(NC(=O)c2cccn3c(CC)nnc23)C(=O)O)cc1. The Morgan fingerprint density at radius 1 is 1.19 bits per heavy atom. The van der Waals surface area contributed by atoms with E-state index in [1.165, 1.54) is 0 Å². The molecular formula is C19H20N4O4. The van der Waals surface area contributed by atoms with Crippen molar-refractivity contribution in [2.24, 2.45) is 0 Å². The maximum atomic E-state index is 12.7. The van der Waals surface area contributed by atoms with Crippen molar-refractivity contribution in [3.8, 4) is 5.75 Å². The standard InChI is InChI=1S/C19H20N4O4/c1-3-15-21-22-17-14(6-5-11-23(15)17)18(24)20-16(19(25)26)12-7-9-13(10-8-12)27-4-2/h5-11,16H,3-4H2,1-2H3,(H,20,24)(H,25,26). The second kappa shape index (κ2) is 7.86. The zero-order valence-corrected chi connectivity index (χ0v) is 15.0. The predicted octanol–water partition coefficient (Wildman–Crippen LogP) is 2.25. The number of carbonyl (C=O) groups excluding carboxylic acids is 1. The van der Waals surface area contributed by atoms with Crippen LogP contribution in [0.5, 0.6) is 5.75 Å². The Balaban J connectivity index is 1.88. The molecule has 0 aliphatic rings. The van der Waals surface area contributed by atoms with Crippen molar-refractivity contribution in [2.45, 2.75) is 26.3 Å². The summed E-state index contributed by atoms with van der Waals surface area (Å²) >= 11 is 0. The Hall–Kier alpha value is -3.42. The molecule has 2 heterocycles. The molecule has 1 atom stereocenters. The fourth-order valence-electron chi connectivity index (χ4n) is 2.80. The summed E-state index contributed by atoms with van der Waals surface area (Å²) in [4.78, 5) is 24.4. The fraction of sp³-hybridized carbons (Fsp3) is 0.263. The highest BCUT2D eigenvalue weighted by atomic mass is 16.5. The highest BCUT2D eigenvalue weighted by Crippen LogP contribution is 2.20. The minimum atomic E-state index is -1.19. The van der Waals surface area contributed by atoms with E-state index in [1.54, 1.807) is 47.0 Å². The number of ether oxygens (including phenoxy) is 1. The Morgan fingerprint density at radius 2 is 1.93 bits per heavy atom. The minimum Gasteiger partial charge on any atom is -0.494 e. The molecule has 27 heavy (non-hydrogen) atoms. The number of hydrogen-bond acceptors (Lipinski definition) is 5. The molecule has 3 rings (SSSR count). The third-order valence-corrected chi connectivity index (χ3v) is 4.11. The molecule has 3 aromatic rings. The molecule has 0 saturated heterocycles. The lowest BCUT2D eigenvalue weighted by Gasteiger charge is -2.16. The zero-order chi connectivity index (χ0) is 19.4. The van der Waals surface area contributed by atoms with Gasteiger partial charge in [0.2, 0.25) is 0 Å². The smallest absolute Gasteiger partial charge is 0.330 e. The fourth-order valence-corrected chi connectivity index (χ4v) is 2.80. The normalized spacial score (nSPS) is 11.9. The van der Waals surface area contributed by atoms with Crippen molar-refractivity contribution in [1.82, 2.24) is 19.9 Å². The summed E-state index contributed by atoms with van der Waals surface area (Å²) in [5.74, 6) is -0.329. The van der Waals surface area contributed by atoms with Gasteiger partial charge < -0.3 is 15.2 Å². The number of amides is 1. The molecule has 8 nitrogen and oxygen atoms in total. The Kier molecular flexibility index (Phi) is 5.35. The lowest BCUT2D eigenvalue weighted by atomic mass is 10.1. The summed E-state index contributed by atoms with van der Waals surface area (Å²) in [6.45, 7) is 4.32. The number of pyridine rings is 1. The van der Waals surface area contributed by atoms with Crippen LogP contribution in [0.3, 0.4) is 0 Å². The number of carbonyl (C=O) groups is 2. The van der Waals surface area contributed by atoms with Crippen LogP contribution in [0.2, 0.25) is 0 Å². The van der Waals surface area contributed by atoms with Gasteiger partial charge in [0.15, 0.2) is 11.7 Å². The molecule has 2 N–H and O–H groups in total. The zero-order valence-electron chi connectivity index (χ0n) is 15.0. The van der Waals surface area contributed by atoms with Gasteiger partial charge in [-0.15, -0.1) is 10.2 Å². The first-order chi connectivity index (χ1) is 13.0. The summed E-state index contributed by atoms with van der Waals surface area (Å²) in [5, 5.41) is 20.2. The summed E-state index contributed by atoms with van der Waals surface area (Å²) in [7, 11) is 0. The molecule has 0 aliphatic carbocycles. The molecule has 0 bridgehead atoms. The number of nitrogens with one attached hydrogen (secondary N) is 1. The second-order valence-electron chi connectivity index (χ2n) is 5.83. The van der Waals surface area contributed by atoms with Crippen molar-refractivity contribution >= 4 is 17.5 Å². The number of aromatic nitrogens is 3. The van der Waals surface area contributed by atoms with Gasteiger partial charge in [-0.1, -0.05) is 19.1 Å². The molecule has 1 unspecified atom stereocenters. The number of rotatable bonds is 7. The van der Waals surface area contributed by atoms with Crippen LogP contribution in [0.25, 0.3) is 5.65 Å². The van der Waals surface area contributed by atoms with Crippen molar-refractivity contribution in [2.75, 3.05) is 6.61 Å². The lowest BCUT2D eigenvalue weighted by Crippen LogP contribution is -2.34. The lowest BCUT2D eigenvalue weighted by molar-refractivity contribution is -0.139. The number of carboxylic acids is 1. The van der Waals surface area contributed by atoms with Gasteiger partial charge in [-0.25, -0.2) is 4.79 Å². The molecule has 0 radical (unpaired) electrons. The van der Waals surface area contributed by atoms with E-state index in [0.29, 0.717) is 30.0 Å². The molecule has 140 valence electrons.